The van der Waals surface area contributed by atoms with E-state index in [0.29, 0.717) is 43.2 Å². The molecule has 11 heteroatoms. The summed E-state index contributed by atoms with van der Waals surface area (Å²) in [6, 6.07) is 18.0. The number of rotatable bonds is 7. The van der Waals surface area contributed by atoms with Gasteiger partial charge in [0.25, 0.3) is 11.8 Å². The van der Waals surface area contributed by atoms with Gasteiger partial charge in [0, 0.05) is 25.0 Å². The normalized spacial score (nSPS) is 16.2. The first kappa shape index (κ1) is 26.0. The summed E-state index contributed by atoms with van der Waals surface area (Å²) in [4.78, 5) is 33.0. The Hall–Kier alpha value is -4.25. The van der Waals surface area contributed by atoms with Gasteiger partial charge in [0.2, 0.25) is 10.0 Å². The second-order valence-corrected chi connectivity index (χ2v) is 12.4. The van der Waals surface area contributed by atoms with Crippen LogP contribution in [0.1, 0.15) is 63.4 Å². The van der Waals surface area contributed by atoms with E-state index in [1.165, 1.54) is 22.5 Å². The maximum absolute atomic E-state index is 13.8. The summed E-state index contributed by atoms with van der Waals surface area (Å²) < 4.78 is 28.3. The third-order valence-corrected chi connectivity index (χ3v) is 9.47. The van der Waals surface area contributed by atoms with Gasteiger partial charge in [-0.15, -0.1) is 0 Å². The number of aromatic nitrogens is 3. The van der Waals surface area contributed by atoms with Gasteiger partial charge >= 0.3 is 0 Å². The Morgan fingerprint density at radius 2 is 1.60 bits per heavy atom. The first-order valence-electron chi connectivity index (χ1n) is 13.4. The average molecular weight is 559 g/mol. The number of nitrogens with zero attached hydrogens (tertiary/aromatic N) is 4. The summed E-state index contributed by atoms with van der Waals surface area (Å²) in [5, 5.41) is 7.15. The Balaban J connectivity index is 1.32. The average Bonchev–Trinajstić information content (AvgIpc) is 3.74. The Bertz CT molecular complexity index is 1690. The molecule has 1 saturated carbocycles. The van der Waals surface area contributed by atoms with Crippen LogP contribution in [-0.4, -0.2) is 58.1 Å². The molecule has 2 aliphatic rings. The molecule has 1 aliphatic heterocycles. The van der Waals surface area contributed by atoms with Crippen LogP contribution in [-0.2, 0) is 10.0 Å². The van der Waals surface area contributed by atoms with E-state index in [0.717, 1.165) is 24.1 Å². The van der Waals surface area contributed by atoms with Gasteiger partial charge in [-0.2, -0.15) is 9.61 Å². The molecule has 4 aromatic rings. The van der Waals surface area contributed by atoms with Crippen molar-refractivity contribution in [3.63, 3.8) is 0 Å². The molecule has 2 fully saturated rings. The highest BCUT2D eigenvalue weighted by molar-refractivity contribution is 7.91. The SMILES string of the molecule is Cc1ccccc1Nc1c(C(=O)N2CCC(c3ccccc3)CC2)cnc2c(C(=O)NS(=O)(=O)C3CC3)cnn12. The first-order chi connectivity index (χ1) is 19.3. The highest BCUT2D eigenvalue weighted by atomic mass is 32.2. The van der Waals surface area contributed by atoms with Crippen LogP contribution in [0.25, 0.3) is 5.65 Å². The maximum atomic E-state index is 13.8. The topological polar surface area (TPSA) is 126 Å². The number of fused-ring (bicyclic) bond motifs is 1. The van der Waals surface area contributed by atoms with Crippen molar-refractivity contribution in [3.8, 4) is 0 Å². The van der Waals surface area contributed by atoms with Crippen molar-refractivity contribution in [1.82, 2.24) is 24.2 Å². The molecular formula is C29H30N6O4S. The second kappa shape index (κ2) is 10.4. The summed E-state index contributed by atoms with van der Waals surface area (Å²) in [7, 11) is -3.75. The molecule has 2 aromatic heterocycles. The molecule has 2 N–H and O–H groups in total. The number of carbonyl (C=O) groups excluding carboxylic acids is 2. The van der Waals surface area contributed by atoms with Crippen molar-refractivity contribution in [1.29, 1.82) is 0 Å². The van der Waals surface area contributed by atoms with Gasteiger partial charge in [0.05, 0.1) is 11.4 Å². The lowest BCUT2D eigenvalue weighted by Gasteiger charge is -2.32. The van der Waals surface area contributed by atoms with Gasteiger partial charge in [-0.3, -0.25) is 9.59 Å². The third kappa shape index (κ3) is 5.04. The summed E-state index contributed by atoms with van der Waals surface area (Å²) >= 11 is 0. The van der Waals surface area contributed by atoms with Gasteiger partial charge in [-0.1, -0.05) is 48.5 Å². The van der Waals surface area contributed by atoms with Crippen molar-refractivity contribution >= 4 is 39.0 Å². The minimum atomic E-state index is -3.75. The summed E-state index contributed by atoms with van der Waals surface area (Å²) in [6.45, 7) is 3.15. The number of nitrogens with one attached hydrogen (secondary N) is 2. The third-order valence-electron chi connectivity index (χ3n) is 7.65. The van der Waals surface area contributed by atoms with Gasteiger partial charge in [-0.05, 0) is 55.7 Å². The Morgan fingerprint density at radius 1 is 0.900 bits per heavy atom. The minimum absolute atomic E-state index is 0.0136. The van der Waals surface area contributed by atoms with Crippen molar-refractivity contribution < 1.29 is 18.0 Å². The molecule has 2 amide bonds. The molecule has 1 saturated heterocycles. The fraction of sp³-hybridized carbons (Fsp3) is 0.310. The van der Waals surface area contributed by atoms with E-state index in [4.69, 9.17) is 0 Å². The van der Waals surface area contributed by atoms with Crippen LogP contribution >= 0.6 is 0 Å². The molecule has 2 aromatic carbocycles. The van der Waals surface area contributed by atoms with E-state index >= 15 is 0 Å². The predicted molar refractivity (Wildman–Crippen MR) is 151 cm³/mol. The van der Waals surface area contributed by atoms with E-state index in [9.17, 15) is 18.0 Å². The number of piperidine rings is 1. The fourth-order valence-electron chi connectivity index (χ4n) is 5.17. The number of hydrogen-bond acceptors (Lipinski definition) is 7. The van der Waals surface area contributed by atoms with E-state index in [1.807, 2.05) is 54.3 Å². The van der Waals surface area contributed by atoms with Crippen LogP contribution in [0.5, 0.6) is 0 Å². The molecule has 0 spiro atoms. The van der Waals surface area contributed by atoms with E-state index < -0.39 is 21.2 Å². The van der Waals surface area contributed by atoms with E-state index in [-0.39, 0.29) is 17.1 Å². The van der Waals surface area contributed by atoms with Crippen LogP contribution in [0.4, 0.5) is 11.5 Å². The van der Waals surface area contributed by atoms with Crippen LogP contribution in [0.3, 0.4) is 0 Å². The summed E-state index contributed by atoms with van der Waals surface area (Å²) in [5.41, 5.74) is 3.48. The fourth-order valence-corrected chi connectivity index (χ4v) is 6.46. The zero-order valence-corrected chi connectivity index (χ0v) is 22.9. The first-order valence-corrected chi connectivity index (χ1v) is 15.0. The van der Waals surface area contributed by atoms with E-state index in [1.54, 1.807) is 0 Å². The maximum Gasteiger partial charge on any atom is 0.270 e. The zero-order chi connectivity index (χ0) is 27.9. The molecule has 1 aliphatic carbocycles. The minimum Gasteiger partial charge on any atom is -0.339 e. The van der Waals surface area contributed by atoms with Crippen LogP contribution < -0.4 is 10.0 Å². The van der Waals surface area contributed by atoms with Gasteiger partial charge < -0.3 is 10.2 Å². The van der Waals surface area contributed by atoms with Crippen molar-refractivity contribution in [3.05, 3.63) is 89.2 Å². The standard InChI is InChI=1S/C29H30N6O4S/c1-19-7-5-6-10-25(19)32-27-24(29(37)34-15-13-21(14-16-34)20-8-3-2-4-9-20)17-30-26-23(18-31-35(26)27)28(36)33-40(38,39)22-11-12-22/h2-10,17-18,21-22,32H,11-16H2,1H3,(H,33,36). The van der Waals surface area contributed by atoms with Crippen LogP contribution in [0.2, 0.25) is 0 Å². The van der Waals surface area contributed by atoms with E-state index in [2.05, 4.69) is 32.3 Å². The summed E-state index contributed by atoms with van der Waals surface area (Å²) in [6.07, 6.45) is 5.50. The number of amides is 2. The lowest BCUT2D eigenvalue weighted by atomic mass is 9.89. The molecule has 0 unspecified atom stereocenters. The monoisotopic (exact) mass is 558 g/mol. The number of sulfonamides is 1. The zero-order valence-electron chi connectivity index (χ0n) is 22.1. The molecule has 0 bridgehead atoms. The number of carbonyl (C=O) groups is 2. The molecule has 40 heavy (non-hydrogen) atoms. The molecule has 3 heterocycles. The molecule has 0 atom stereocenters. The highest BCUT2D eigenvalue weighted by Crippen LogP contribution is 2.31. The largest absolute Gasteiger partial charge is 0.339 e. The Labute approximate surface area is 232 Å². The van der Waals surface area contributed by atoms with Gasteiger partial charge in [-0.25, -0.2) is 18.1 Å². The highest BCUT2D eigenvalue weighted by Gasteiger charge is 2.37. The number of hydrogen-bond donors (Lipinski definition) is 2. The van der Waals surface area contributed by atoms with Crippen molar-refractivity contribution in [2.75, 3.05) is 18.4 Å². The smallest absolute Gasteiger partial charge is 0.270 e. The number of anilines is 2. The lowest BCUT2D eigenvalue weighted by Crippen LogP contribution is -2.38. The number of para-hydroxylation sites is 1. The Morgan fingerprint density at radius 3 is 2.30 bits per heavy atom. The van der Waals surface area contributed by atoms with Gasteiger partial charge in [0.15, 0.2) is 5.65 Å². The molecule has 0 radical (unpaired) electrons. The number of benzene rings is 2. The lowest BCUT2D eigenvalue weighted by molar-refractivity contribution is 0.0713. The Kier molecular flexibility index (Phi) is 6.75. The van der Waals surface area contributed by atoms with Crippen LogP contribution in [0, 0.1) is 6.92 Å². The second-order valence-electron chi connectivity index (χ2n) is 10.4. The molecule has 6 rings (SSSR count). The number of aryl methyl sites for hydroxylation is 1. The van der Waals surface area contributed by atoms with Crippen molar-refractivity contribution in [2.24, 2.45) is 0 Å². The molecular weight excluding hydrogens is 528 g/mol. The van der Waals surface area contributed by atoms with Crippen LogP contribution in [0.15, 0.2) is 67.0 Å². The number of likely N-dealkylation sites (tertiary alicyclic amines) is 1. The molecule has 206 valence electrons. The van der Waals surface area contributed by atoms with Gasteiger partial charge in [0.1, 0.15) is 16.9 Å². The van der Waals surface area contributed by atoms with Crippen molar-refractivity contribution in [2.45, 2.75) is 43.8 Å². The predicted octanol–water partition coefficient (Wildman–Crippen LogP) is 4.02. The molecule has 10 nitrogen and oxygen atoms in total. The summed E-state index contributed by atoms with van der Waals surface area (Å²) in [5.74, 6) is -0.221. The quantitative estimate of drug-likeness (QED) is 0.351.